The number of likely N-dealkylation sites (tertiary alicyclic amines) is 1. The third-order valence-electron chi connectivity index (χ3n) is 4.18. The molecule has 2 atom stereocenters. The third kappa shape index (κ3) is 2.57. The average molecular weight is 301 g/mol. The standard InChI is InChI=1S/C16H19N3O3/c1-10-7-11(8-17)9-19(10)16(21)12-4-5-13(18-15(12)20)14-3-2-6-22-14/h2-6,10-11H,7-9,17H2,1H3,(H,18,20). The van der Waals surface area contributed by atoms with E-state index in [1.807, 2.05) is 6.92 Å². The summed E-state index contributed by atoms with van der Waals surface area (Å²) in [7, 11) is 0. The third-order valence-corrected chi connectivity index (χ3v) is 4.18. The number of nitrogens with zero attached hydrogens (tertiary/aromatic N) is 1. The van der Waals surface area contributed by atoms with Gasteiger partial charge in [-0.05, 0) is 50.1 Å². The minimum atomic E-state index is -0.401. The van der Waals surface area contributed by atoms with Gasteiger partial charge in [-0.3, -0.25) is 9.59 Å². The molecule has 1 fully saturated rings. The van der Waals surface area contributed by atoms with Crippen molar-refractivity contribution >= 4 is 5.91 Å². The fourth-order valence-electron chi connectivity index (χ4n) is 2.97. The second kappa shape index (κ2) is 5.81. The summed E-state index contributed by atoms with van der Waals surface area (Å²) < 4.78 is 5.24. The number of nitrogens with two attached hydrogens (primary N) is 1. The lowest BCUT2D eigenvalue weighted by Gasteiger charge is -2.21. The number of carbonyl (C=O) groups excluding carboxylic acids is 1. The van der Waals surface area contributed by atoms with E-state index >= 15 is 0 Å². The zero-order valence-corrected chi connectivity index (χ0v) is 12.4. The lowest BCUT2D eigenvalue weighted by atomic mass is 10.1. The lowest BCUT2D eigenvalue weighted by molar-refractivity contribution is 0.0741. The molecule has 6 heteroatoms. The summed E-state index contributed by atoms with van der Waals surface area (Å²) in [5.74, 6) is 0.630. The van der Waals surface area contributed by atoms with Crippen LogP contribution in [0.1, 0.15) is 23.7 Å². The lowest BCUT2D eigenvalue weighted by Crippen LogP contribution is -2.37. The highest BCUT2D eigenvalue weighted by molar-refractivity contribution is 5.94. The molecule has 2 aromatic heterocycles. The van der Waals surface area contributed by atoms with E-state index in [1.54, 1.807) is 29.2 Å². The zero-order valence-electron chi connectivity index (χ0n) is 12.4. The van der Waals surface area contributed by atoms with Crippen molar-refractivity contribution in [3.8, 4) is 11.5 Å². The first-order valence-electron chi connectivity index (χ1n) is 7.38. The highest BCUT2D eigenvalue weighted by Gasteiger charge is 2.33. The highest BCUT2D eigenvalue weighted by Crippen LogP contribution is 2.24. The van der Waals surface area contributed by atoms with Gasteiger partial charge in [-0.25, -0.2) is 0 Å². The first kappa shape index (κ1) is 14.6. The van der Waals surface area contributed by atoms with Gasteiger partial charge < -0.3 is 20.0 Å². The molecular weight excluding hydrogens is 282 g/mol. The van der Waals surface area contributed by atoms with Crippen molar-refractivity contribution in [3.05, 3.63) is 46.4 Å². The van der Waals surface area contributed by atoms with E-state index in [2.05, 4.69) is 4.98 Å². The van der Waals surface area contributed by atoms with Gasteiger partial charge in [-0.15, -0.1) is 0 Å². The van der Waals surface area contributed by atoms with E-state index in [9.17, 15) is 9.59 Å². The van der Waals surface area contributed by atoms with Crippen LogP contribution in [0.5, 0.6) is 0 Å². The number of hydrogen-bond donors (Lipinski definition) is 2. The van der Waals surface area contributed by atoms with Gasteiger partial charge in [0.15, 0.2) is 0 Å². The normalized spacial score (nSPS) is 21.3. The van der Waals surface area contributed by atoms with Crippen LogP contribution < -0.4 is 11.3 Å². The Morgan fingerprint density at radius 2 is 2.27 bits per heavy atom. The molecular formula is C16H19N3O3. The number of aromatic amines is 1. The number of aromatic nitrogens is 1. The van der Waals surface area contributed by atoms with E-state index in [4.69, 9.17) is 10.2 Å². The van der Waals surface area contributed by atoms with E-state index < -0.39 is 5.56 Å². The Labute approximate surface area is 127 Å². The van der Waals surface area contributed by atoms with Crippen LogP contribution in [0.25, 0.3) is 11.5 Å². The molecule has 0 saturated carbocycles. The Hall–Kier alpha value is -2.34. The van der Waals surface area contributed by atoms with Crippen LogP contribution in [0.15, 0.2) is 39.7 Å². The Morgan fingerprint density at radius 3 is 2.86 bits per heavy atom. The van der Waals surface area contributed by atoms with Gasteiger partial charge in [0, 0.05) is 12.6 Å². The number of nitrogens with one attached hydrogen (secondary N) is 1. The molecule has 2 aromatic rings. The van der Waals surface area contributed by atoms with Crippen molar-refractivity contribution in [1.29, 1.82) is 0 Å². The molecule has 2 unspecified atom stereocenters. The monoisotopic (exact) mass is 301 g/mol. The number of amides is 1. The number of carbonyl (C=O) groups is 1. The van der Waals surface area contributed by atoms with E-state index in [-0.39, 0.29) is 17.5 Å². The molecule has 3 rings (SSSR count). The smallest absolute Gasteiger partial charge is 0.261 e. The fourth-order valence-corrected chi connectivity index (χ4v) is 2.97. The number of furan rings is 1. The average Bonchev–Trinajstić information content (AvgIpc) is 3.15. The minimum absolute atomic E-state index is 0.102. The van der Waals surface area contributed by atoms with Crippen LogP contribution in [0.4, 0.5) is 0 Å². The van der Waals surface area contributed by atoms with E-state index in [0.29, 0.717) is 30.5 Å². The SMILES string of the molecule is CC1CC(CN)CN1C(=O)c1ccc(-c2ccco2)[nH]c1=O. The number of H-pyrrole nitrogens is 1. The van der Waals surface area contributed by atoms with Crippen molar-refractivity contribution in [1.82, 2.24) is 9.88 Å². The predicted octanol–water partition coefficient (Wildman–Crippen LogP) is 1.44. The van der Waals surface area contributed by atoms with Crippen LogP contribution in [0.2, 0.25) is 0 Å². The molecule has 6 nitrogen and oxygen atoms in total. The molecule has 1 amide bonds. The van der Waals surface area contributed by atoms with Gasteiger partial charge in [-0.2, -0.15) is 0 Å². The fraction of sp³-hybridized carbons (Fsp3) is 0.375. The molecule has 0 spiro atoms. The summed E-state index contributed by atoms with van der Waals surface area (Å²) >= 11 is 0. The van der Waals surface area contributed by atoms with E-state index in [1.165, 1.54) is 6.26 Å². The topological polar surface area (TPSA) is 92.3 Å². The number of pyridine rings is 1. The van der Waals surface area contributed by atoms with Crippen molar-refractivity contribution in [2.45, 2.75) is 19.4 Å². The van der Waals surface area contributed by atoms with Gasteiger partial charge in [-0.1, -0.05) is 0 Å². The molecule has 3 N–H and O–H groups in total. The summed E-state index contributed by atoms with van der Waals surface area (Å²) in [5.41, 5.74) is 5.99. The first-order chi connectivity index (χ1) is 10.6. The second-order valence-electron chi connectivity index (χ2n) is 5.74. The van der Waals surface area contributed by atoms with Crippen LogP contribution in [0, 0.1) is 5.92 Å². The summed E-state index contributed by atoms with van der Waals surface area (Å²) in [5, 5.41) is 0. The maximum atomic E-state index is 12.6. The summed E-state index contributed by atoms with van der Waals surface area (Å²) in [6.45, 7) is 3.15. The molecule has 0 aromatic carbocycles. The van der Waals surface area contributed by atoms with Gasteiger partial charge in [0.1, 0.15) is 11.3 Å². The Morgan fingerprint density at radius 1 is 1.45 bits per heavy atom. The van der Waals surface area contributed by atoms with Gasteiger partial charge in [0.25, 0.3) is 11.5 Å². The molecule has 116 valence electrons. The van der Waals surface area contributed by atoms with E-state index in [0.717, 1.165) is 6.42 Å². The van der Waals surface area contributed by atoms with Crippen molar-refractivity contribution < 1.29 is 9.21 Å². The molecule has 1 saturated heterocycles. The molecule has 3 heterocycles. The highest BCUT2D eigenvalue weighted by atomic mass is 16.3. The Balaban J connectivity index is 1.86. The first-order valence-corrected chi connectivity index (χ1v) is 7.38. The minimum Gasteiger partial charge on any atom is -0.463 e. The van der Waals surface area contributed by atoms with Crippen LogP contribution >= 0.6 is 0 Å². The largest absolute Gasteiger partial charge is 0.463 e. The number of rotatable bonds is 3. The molecule has 0 aliphatic carbocycles. The van der Waals surface area contributed by atoms with Crippen LogP contribution in [0.3, 0.4) is 0 Å². The second-order valence-corrected chi connectivity index (χ2v) is 5.74. The maximum absolute atomic E-state index is 12.6. The van der Waals surface area contributed by atoms with Crippen LogP contribution in [-0.4, -0.2) is 34.9 Å². The molecule has 1 aliphatic rings. The molecule has 0 radical (unpaired) electrons. The van der Waals surface area contributed by atoms with Crippen molar-refractivity contribution in [2.24, 2.45) is 11.7 Å². The Bertz CT molecular complexity index is 720. The van der Waals surface area contributed by atoms with Gasteiger partial charge in [0.05, 0.1) is 12.0 Å². The summed E-state index contributed by atoms with van der Waals surface area (Å²) in [6.07, 6.45) is 2.41. The molecule has 22 heavy (non-hydrogen) atoms. The summed E-state index contributed by atoms with van der Waals surface area (Å²) in [6, 6.07) is 6.84. The number of hydrogen-bond acceptors (Lipinski definition) is 4. The van der Waals surface area contributed by atoms with Crippen molar-refractivity contribution in [3.63, 3.8) is 0 Å². The maximum Gasteiger partial charge on any atom is 0.261 e. The predicted molar refractivity (Wildman–Crippen MR) is 82.4 cm³/mol. The Kier molecular flexibility index (Phi) is 3.85. The van der Waals surface area contributed by atoms with Gasteiger partial charge >= 0.3 is 0 Å². The van der Waals surface area contributed by atoms with Gasteiger partial charge in [0.2, 0.25) is 0 Å². The summed E-state index contributed by atoms with van der Waals surface area (Å²) in [4.78, 5) is 29.2. The molecule has 1 aliphatic heterocycles. The quantitative estimate of drug-likeness (QED) is 0.897. The molecule has 0 bridgehead atoms. The van der Waals surface area contributed by atoms with Crippen LogP contribution in [-0.2, 0) is 0 Å². The zero-order chi connectivity index (χ0) is 15.7. The van der Waals surface area contributed by atoms with Crippen molar-refractivity contribution in [2.75, 3.05) is 13.1 Å².